The third-order valence-corrected chi connectivity index (χ3v) is 10.8. The molecular weight excluding hydrogens is 762 g/mol. The molecule has 0 unspecified atom stereocenters. The first kappa shape index (κ1) is 45.7. The second-order valence-corrected chi connectivity index (χ2v) is 15.1. The Labute approximate surface area is 336 Å². The maximum absolute atomic E-state index is 14.1. The highest BCUT2D eigenvalue weighted by molar-refractivity contribution is 6.03. The first-order valence-corrected chi connectivity index (χ1v) is 19.1. The lowest BCUT2D eigenvalue weighted by Crippen LogP contribution is -2.78. The van der Waals surface area contributed by atoms with Crippen LogP contribution in [-0.4, -0.2) is 113 Å². The van der Waals surface area contributed by atoms with Crippen LogP contribution in [0.15, 0.2) is 54.6 Å². The molecular formula is C41H53NO16. The van der Waals surface area contributed by atoms with Gasteiger partial charge >= 0.3 is 29.8 Å². The minimum Gasteiger partial charge on any atom is -0.467 e. The number of carbonyl (C=O) groups is 7. The molecule has 58 heavy (non-hydrogen) atoms. The first-order valence-electron chi connectivity index (χ1n) is 19.1. The number of hydrogen-bond acceptors (Lipinski definition) is 16. The van der Waals surface area contributed by atoms with Gasteiger partial charge in [-0.3, -0.25) is 14.4 Å². The number of carbonyl (C=O) groups excluding carboxylic acids is 7. The molecule has 17 heteroatoms. The van der Waals surface area contributed by atoms with E-state index in [0.717, 1.165) is 32.3 Å². The fourth-order valence-electron chi connectivity index (χ4n) is 7.65. The quantitative estimate of drug-likeness (QED) is 0.0714. The molecule has 2 bridgehead atoms. The van der Waals surface area contributed by atoms with Crippen LogP contribution in [0.5, 0.6) is 0 Å². The van der Waals surface area contributed by atoms with Crippen LogP contribution in [0.25, 0.3) is 0 Å². The molecule has 0 aromatic heterocycles. The number of benzene rings is 1. The topological polar surface area (TPSA) is 228 Å². The molecule has 2 N–H and O–H groups in total. The Balaban J connectivity index is 1.82. The van der Waals surface area contributed by atoms with Gasteiger partial charge < -0.3 is 43.5 Å². The zero-order chi connectivity index (χ0) is 43.2. The van der Waals surface area contributed by atoms with Gasteiger partial charge in [0, 0.05) is 38.2 Å². The predicted molar refractivity (Wildman–Crippen MR) is 199 cm³/mol. The van der Waals surface area contributed by atoms with Crippen LogP contribution < -0.4 is 0 Å². The van der Waals surface area contributed by atoms with Gasteiger partial charge in [0.2, 0.25) is 17.5 Å². The predicted octanol–water partition coefficient (Wildman–Crippen LogP) is 2.58. The fraction of sp³-hybridized carbons (Fsp3) is 0.585. The Morgan fingerprint density at radius 2 is 1.64 bits per heavy atom. The summed E-state index contributed by atoms with van der Waals surface area (Å²) in [5.74, 6) is -11.6. The molecule has 17 nitrogen and oxygen atoms in total. The fourth-order valence-corrected chi connectivity index (χ4v) is 7.65. The van der Waals surface area contributed by atoms with Crippen molar-refractivity contribution in [2.24, 2.45) is 17.8 Å². The van der Waals surface area contributed by atoms with E-state index in [2.05, 4.69) is 6.58 Å². The molecule has 1 aromatic carbocycles. The zero-order valence-electron chi connectivity index (χ0n) is 33.8. The lowest BCUT2D eigenvalue weighted by Gasteiger charge is -2.49. The number of esters is 4. The number of amides is 2. The summed E-state index contributed by atoms with van der Waals surface area (Å²) in [6.07, 6.45) is -5.13. The second-order valence-electron chi connectivity index (χ2n) is 15.1. The smallest absolute Gasteiger partial charge is 0.365 e. The standard InChI is InChI=1S/C41H53NO16/c1-9-23(2)21-24(3)15-18-31(46)55-34-33(47)39(20-19-25(4)32(54-27(6)43)26(5)22-28-13-11-10-12-14-28)56-35(36(48)57-42-29(44)16-17-30(42)45)40(51,37(49)52-7)41(34,58-39)38(50)53-8/h10-15,18,23-24,26,32-35,47,51H,4,9,16-17,19-22H2,1-3,5-8H3/b18-15+/t23-,24+,26+,32+,33+,34+,35+,39-,40+,41-/m0/s1. The van der Waals surface area contributed by atoms with Gasteiger partial charge in [-0.15, -0.1) is 5.06 Å². The summed E-state index contributed by atoms with van der Waals surface area (Å²) in [6.45, 7) is 13.1. The molecule has 0 radical (unpaired) electrons. The number of allylic oxidation sites excluding steroid dienone is 1. The van der Waals surface area contributed by atoms with Gasteiger partial charge in [-0.25, -0.2) is 19.2 Å². The Morgan fingerprint density at radius 1 is 1.02 bits per heavy atom. The van der Waals surface area contributed by atoms with Crippen molar-refractivity contribution < 1.29 is 77.0 Å². The number of rotatable bonds is 18. The van der Waals surface area contributed by atoms with Crippen molar-refractivity contribution >= 4 is 41.7 Å². The molecule has 318 valence electrons. The monoisotopic (exact) mass is 815 g/mol. The van der Waals surface area contributed by atoms with Crippen molar-refractivity contribution in [2.75, 3.05) is 14.2 Å². The Kier molecular flexibility index (Phi) is 14.8. The van der Waals surface area contributed by atoms with Crippen LogP contribution in [0.4, 0.5) is 0 Å². The van der Waals surface area contributed by atoms with E-state index < -0.39 is 89.5 Å². The van der Waals surface area contributed by atoms with E-state index >= 15 is 0 Å². The summed E-state index contributed by atoms with van der Waals surface area (Å²) in [5, 5.41) is 24.7. The number of hydroxylamine groups is 2. The molecule has 3 heterocycles. The van der Waals surface area contributed by atoms with E-state index in [1.54, 1.807) is 0 Å². The average molecular weight is 816 g/mol. The third-order valence-electron chi connectivity index (χ3n) is 10.8. The second kappa shape index (κ2) is 18.7. The van der Waals surface area contributed by atoms with E-state index in [9.17, 15) is 43.8 Å². The van der Waals surface area contributed by atoms with Gasteiger partial charge in [-0.2, -0.15) is 0 Å². The van der Waals surface area contributed by atoms with Crippen LogP contribution in [0.1, 0.15) is 78.7 Å². The van der Waals surface area contributed by atoms with Crippen LogP contribution in [0, 0.1) is 17.8 Å². The maximum atomic E-state index is 14.1. The molecule has 3 fully saturated rings. The molecule has 0 spiro atoms. The first-order chi connectivity index (χ1) is 27.3. The van der Waals surface area contributed by atoms with Crippen LogP contribution in [0.2, 0.25) is 0 Å². The van der Waals surface area contributed by atoms with E-state index in [0.29, 0.717) is 18.8 Å². The number of nitrogens with zero attached hydrogens (tertiary/aromatic N) is 1. The van der Waals surface area contributed by atoms with Gasteiger partial charge in [-0.1, -0.05) is 77.1 Å². The minimum atomic E-state index is -3.68. The zero-order valence-corrected chi connectivity index (χ0v) is 33.8. The molecule has 10 atom stereocenters. The van der Waals surface area contributed by atoms with Gasteiger partial charge in [-0.05, 0) is 42.2 Å². The van der Waals surface area contributed by atoms with E-state index in [4.69, 9.17) is 33.3 Å². The molecule has 0 saturated carbocycles. The van der Waals surface area contributed by atoms with Gasteiger partial charge in [0.15, 0.2) is 6.10 Å². The summed E-state index contributed by atoms with van der Waals surface area (Å²) in [4.78, 5) is 97.6. The highest BCUT2D eigenvalue weighted by Gasteiger charge is 2.86. The summed E-state index contributed by atoms with van der Waals surface area (Å²) >= 11 is 0. The average Bonchev–Trinajstić information content (AvgIpc) is 3.62. The van der Waals surface area contributed by atoms with Gasteiger partial charge in [0.05, 0.1) is 14.2 Å². The number of fused-ring (bicyclic) bond motifs is 2. The van der Waals surface area contributed by atoms with Crippen LogP contribution in [-0.2, 0) is 73.2 Å². The van der Waals surface area contributed by atoms with Crippen molar-refractivity contribution in [1.29, 1.82) is 0 Å². The minimum absolute atomic E-state index is 0.108. The van der Waals surface area contributed by atoms with Crippen molar-refractivity contribution in [3.63, 3.8) is 0 Å². The number of aliphatic hydroxyl groups is 2. The van der Waals surface area contributed by atoms with Crippen molar-refractivity contribution in [3.8, 4) is 0 Å². The normalized spacial score (nSPS) is 28.6. The number of imide groups is 1. The van der Waals surface area contributed by atoms with Gasteiger partial charge in [0.25, 0.3) is 17.4 Å². The van der Waals surface area contributed by atoms with Crippen LogP contribution in [0.3, 0.4) is 0 Å². The largest absolute Gasteiger partial charge is 0.467 e. The van der Waals surface area contributed by atoms with Gasteiger partial charge in [0.1, 0.15) is 12.2 Å². The molecule has 0 aliphatic carbocycles. The Bertz CT molecular complexity index is 1760. The lowest BCUT2D eigenvalue weighted by molar-refractivity contribution is -0.376. The SMILES string of the molecule is C=C(CC[C@]12O[C@H](C(=O)ON3C(=O)CCC3=O)[C@@](O)(C(=O)OC)[C@](C(=O)OC)(O1)[C@H](OC(=O)/C=C/[C@@H](C)C[C@@H](C)CC)[C@H]2O)[C@@H](OC(C)=O)[C@H](C)Cc1ccccc1. The Morgan fingerprint density at radius 3 is 2.21 bits per heavy atom. The molecule has 4 rings (SSSR count). The van der Waals surface area contributed by atoms with E-state index in [-0.39, 0.29) is 41.7 Å². The number of methoxy groups -OCH3 is 2. The van der Waals surface area contributed by atoms with Crippen LogP contribution >= 0.6 is 0 Å². The summed E-state index contributed by atoms with van der Waals surface area (Å²) in [6, 6.07) is 9.33. The highest BCUT2D eigenvalue weighted by atomic mass is 16.8. The molecule has 3 aliphatic heterocycles. The molecule has 2 amide bonds. The van der Waals surface area contributed by atoms with Crippen molar-refractivity contribution in [3.05, 3.63) is 60.2 Å². The summed E-state index contributed by atoms with van der Waals surface area (Å²) < 4.78 is 33.3. The molecule has 3 saturated heterocycles. The maximum Gasteiger partial charge on any atom is 0.365 e. The number of aliphatic hydroxyl groups excluding tert-OH is 1. The molecule has 1 aromatic rings. The highest BCUT2D eigenvalue weighted by Crippen LogP contribution is 2.56. The molecule has 3 aliphatic rings. The lowest BCUT2D eigenvalue weighted by atomic mass is 9.74. The van der Waals surface area contributed by atoms with E-state index in [1.165, 1.54) is 13.0 Å². The number of ether oxygens (including phenoxy) is 6. The summed E-state index contributed by atoms with van der Waals surface area (Å²) in [5.41, 5.74) is -5.81. The third kappa shape index (κ3) is 9.02. The van der Waals surface area contributed by atoms with Crippen molar-refractivity contribution in [1.82, 2.24) is 5.06 Å². The van der Waals surface area contributed by atoms with Crippen molar-refractivity contribution in [2.45, 2.75) is 121 Å². The number of hydrogen-bond donors (Lipinski definition) is 2. The summed E-state index contributed by atoms with van der Waals surface area (Å²) in [7, 11) is 1.62. The van der Waals surface area contributed by atoms with E-state index in [1.807, 2.05) is 58.0 Å². The Hall–Kier alpha value is -4.97.